The first-order chi connectivity index (χ1) is 6.84. The van der Waals surface area contributed by atoms with Crippen LogP contribution >= 0.6 is 0 Å². The van der Waals surface area contributed by atoms with E-state index in [1.54, 1.807) is 24.3 Å². The van der Waals surface area contributed by atoms with Gasteiger partial charge in [-0.05, 0) is 12.1 Å². The van der Waals surface area contributed by atoms with Crippen LogP contribution in [0.1, 0.15) is 10.4 Å². The Morgan fingerprint density at radius 2 is 2.07 bits per heavy atom. The Bertz CT molecular complexity index is 274. The van der Waals surface area contributed by atoms with Gasteiger partial charge in [0.25, 0.3) is 0 Å². The van der Waals surface area contributed by atoms with Crippen molar-refractivity contribution in [3.63, 3.8) is 0 Å². The number of rotatable bonds is 5. The van der Waals surface area contributed by atoms with Crippen LogP contribution < -0.4 is 5.32 Å². The average Bonchev–Trinajstić information content (AvgIpc) is 2.25. The first-order valence-corrected chi connectivity index (χ1v) is 4.38. The van der Waals surface area contributed by atoms with E-state index in [1.165, 1.54) is 0 Å². The predicted molar refractivity (Wildman–Crippen MR) is 51.8 cm³/mol. The van der Waals surface area contributed by atoms with Gasteiger partial charge in [0.2, 0.25) is 0 Å². The van der Waals surface area contributed by atoms with Gasteiger partial charge >= 0.3 is 5.97 Å². The summed E-state index contributed by atoms with van der Waals surface area (Å²) in [4.78, 5) is 11.3. The number of hydrogen-bond donors (Lipinski definition) is 2. The number of nitrogens with one attached hydrogen (secondary N) is 1. The molecule has 0 aromatic heterocycles. The van der Waals surface area contributed by atoms with Crippen molar-refractivity contribution in [1.29, 1.82) is 0 Å². The Hall–Kier alpha value is -1.39. The summed E-state index contributed by atoms with van der Waals surface area (Å²) in [7, 11) is 0. The summed E-state index contributed by atoms with van der Waals surface area (Å²) in [5.74, 6) is -0.365. The number of ether oxygens (including phenoxy) is 1. The van der Waals surface area contributed by atoms with Crippen molar-refractivity contribution < 1.29 is 14.6 Å². The Morgan fingerprint density at radius 3 is 2.71 bits per heavy atom. The maximum absolute atomic E-state index is 11.3. The molecule has 0 atom stereocenters. The van der Waals surface area contributed by atoms with Crippen LogP contribution in [0.3, 0.4) is 0 Å². The van der Waals surface area contributed by atoms with Gasteiger partial charge in [-0.3, -0.25) is 5.32 Å². The zero-order valence-corrected chi connectivity index (χ0v) is 7.77. The second-order valence-corrected chi connectivity index (χ2v) is 2.67. The Morgan fingerprint density at radius 1 is 1.36 bits per heavy atom. The van der Waals surface area contributed by atoms with Gasteiger partial charge in [0.05, 0.1) is 12.2 Å². The third-order valence-electron chi connectivity index (χ3n) is 1.60. The summed E-state index contributed by atoms with van der Waals surface area (Å²) >= 11 is 0. The third kappa shape index (κ3) is 3.55. The summed E-state index contributed by atoms with van der Waals surface area (Å²) in [6.07, 6.45) is 0. The summed E-state index contributed by atoms with van der Waals surface area (Å²) in [5.41, 5.74) is 0.526. The lowest BCUT2D eigenvalue weighted by Gasteiger charge is -2.04. The summed E-state index contributed by atoms with van der Waals surface area (Å²) in [5, 5.41) is 11.2. The fraction of sp³-hybridized carbons (Fsp3) is 0.300. The minimum atomic E-state index is -0.365. The largest absolute Gasteiger partial charge is 0.446 e. The quantitative estimate of drug-likeness (QED) is 0.405. The Balaban J connectivity index is 2.29. The molecular weight excluding hydrogens is 182 g/mol. The van der Waals surface area contributed by atoms with Crippen molar-refractivity contribution in [2.75, 3.05) is 19.9 Å². The molecule has 4 nitrogen and oxygen atoms in total. The van der Waals surface area contributed by atoms with Crippen LogP contribution in [0, 0.1) is 0 Å². The number of hydrogen-bond acceptors (Lipinski definition) is 4. The zero-order chi connectivity index (χ0) is 10.2. The molecule has 14 heavy (non-hydrogen) atoms. The molecule has 1 aromatic rings. The fourth-order valence-corrected chi connectivity index (χ4v) is 0.925. The third-order valence-corrected chi connectivity index (χ3v) is 1.60. The zero-order valence-electron chi connectivity index (χ0n) is 7.77. The van der Waals surface area contributed by atoms with Crippen LogP contribution in [-0.4, -0.2) is 31.0 Å². The number of carbonyl (C=O) groups is 1. The van der Waals surface area contributed by atoms with Gasteiger partial charge < -0.3 is 9.84 Å². The van der Waals surface area contributed by atoms with Crippen molar-refractivity contribution in [1.82, 2.24) is 5.32 Å². The van der Waals surface area contributed by atoms with Gasteiger partial charge in [-0.25, -0.2) is 4.79 Å². The monoisotopic (exact) mass is 195 g/mol. The molecule has 0 aliphatic rings. The topological polar surface area (TPSA) is 58.6 Å². The van der Waals surface area contributed by atoms with Gasteiger partial charge in [0, 0.05) is 6.54 Å². The van der Waals surface area contributed by atoms with Crippen LogP contribution in [0.2, 0.25) is 0 Å². The number of esters is 1. The number of aliphatic hydroxyl groups excluding tert-OH is 1. The second-order valence-electron chi connectivity index (χ2n) is 2.67. The fourth-order valence-electron chi connectivity index (χ4n) is 0.925. The summed E-state index contributed by atoms with van der Waals surface area (Å²) < 4.78 is 4.87. The smallest absolute Gasteiger partial charge is 0.339 e. The van der Waals surface area contributed by atoms with E-state index in [9.17, 15) is 4.79 Å². The summed E-state index contributed by atoms with van der Waals surface area (Å²) in [6.45, 7) is 0.569. The highest BCUT2D eigenvalue weighted by Gasteiger charge is 2.04. The first kappa shape index (κ1) is 10.7. The van der Waals surface area contributed by atoms with Crippen LogP contribution in [0.5, 0.6) is 0 Å². The molecule has 0 saturated heterocycles. The molecule has 0 spiro atoms. The minimum Gasteiger partial charge on any atom is -0.446 e. The van der Waals surface area contributed by atoms with E-state index >= 15 is 0 Å². The number of aliphatic hydroxyl groups is 1. The minimum absolute atomic E-state index is 0.0306. The molecule has 0 bridgehead atoms. The van der Waals surface area contributed by atoms with Crippen molar-refractivity contribution in [3.8, 4) is 0 Å². The van der Waals surface area contributed by atoms with Crippen LogP contribution in [0.15, 0.2) is 30.3 Å². The van der Waals surface area contributed by atoms with E-state index in [1.807, 2.05) is 6.07 Å². The van der Waals surface area contributed by atoms with Crippen molar-refractivity contribution in [2.24, 2.45) is 0 Å². The van der Waals surface area contributed by atoms with Gasteiger partial charge in [-0.1, -0.05) is 18.2 Å². The molecule has 1 aromatic carbocycles. The maximum Gasteiger partial charge on any atom is 0.339 e. The van der Waals surface area contributed by atoms with E-state index in [4.69, 9.17) is 9.84 Å². The second kappa shape index (κ2) is 6.12. The first-order valence-electron chi connectivity index (χ1n) is 4.38. The highest BCUT2D eigenvalue weighted by Crippen LogP contribution is 1.99. The van der Waals surface area contributed by atoms with Gasteiger partial charge in [-0.2, -0.15) is 0 Å². The molecular formula is C10H13NO3. The summed E-state index contributed by atoms with van der Waals surface area (Å²) in [6, 6.07) is 8.76. The van der Waals surface area contributed by atoms with Crippen molar-refractivity contribution in [2.45, 2.75) is 0 Å². The maximum atomic E-state index is 11.3. The van der Waals surface area contributed by atoms with Gasteiger partial charge in [-0.15, -0.1) is 0 Å². The normalized spacial score (nSPS) is 9.79. The molecule has 0 heterocycles. The highest BCUT2D eigenvalue weighted by atomic mass is 16.5. The Labute approximate surface area is 82.5 Å². The van der Waals surface area contributed by atoms with E-state index in [0.29, 0.717) is 12.1 Å². The van der Waals surface area contributed by atoms with Gasteiger partial charge in [0.15, 0.2) is 0 Å². The lowest BCUT2D eigenvalue weighted by atomic mass is 10.2. The molecule has 0 fully saturated rings. The van der Waals surface area contributed by atoms with E-state index < -0.39 is 0 Å². The van der Waals surface area contributed by atoms with Crippen LogP contribution in [0.25, 0.3) is 0 Å². The molecule has 0 amide bonds. The lowest BCUT2D eigenvalue weighted by molar-refractivity contribution is 0.0466. The lowest BCUT2D eigenvalue weighted by Crippen LogP contribution is -2.23. The van der Waals surface area contributed by atoms with Crippen LogP contribution in [0.4, 0.5) is 0 Å². The van der Waals surface area contributed by atoms with Gasteiger partial charge in [0.1, 0.15) is 6.73 Å². The molecule has 0 aliphatic carbocycles. The molecule has 0 aliphatic heterocycles. The van der Waals surface area contributed by atoms with E-state index in [0.717, 1.165) is 0 Å². The average molecular weight is 195 g/mol. The molecule has 4 heteroatoms. The van der Waals surface area contributed by atoms with Crippen molar-refractivity contribution in [3.05, 3.63) is 35.9 Å². The Kier molecular flexibility index (Phi) is 4.68. The predicted octanol–water partition coefficient (Wildman–Crippen LogP) is 0.383. The van der Waals surface area contributed by atoms with Crippen LogP contribution in [-0.2, 0) is 4.74 Å². The van der Waals surface area contributed by atoms with E-state index in [2.05, 4.69) is 5.32 Å². The number of benzene rings is 1. The van der Waals surface area contributed by atoms with E-state index in [-0.39, 0.29) is 19.3 Å². The SMILES string of the molecule is O=C(OCNCCO)c1ccccc1. The number of carbonyl (C=O) groups excluding carboxylic acids is 1. The molecule has 2 N–H and O–H groups in total. The standard InChI is InChI=1S/C10H13NO3/c12-7-6-11-8-14-10(13)9-4-2-1-3-5-9/h1-5,11-12H,6-8H2. The molecule has 0 saturated carbocycles. The molecule has 1 rings (SSSR count). The van der Waals surface area contributed by atoms with Crippen molar-refractivity contribution >= 4 is 5.97 Å². The highest BCUT2D eigenvalue weighted by molar-refractivity contribution is 5.89. The molecule has 0 unspecified atom stereocenters. The molecule has 0 radical (unpaired) electrons. The molecule has 76 valence electrons.